The van der Waals surface area contributed by atoms with Gasteiger partial charge in [0.15, 0.2) is 10.2 Å². The molecule has 4 heteroatoms. The summed E-state index contributed by atoms with van der Waals surface area (Å²) in [7, 11) is 0. The van der Waals surface area contributed by atoms with E-state index in [9.17, 15) is 9.59 Å². The summed E-state index contributed by atoms with van der Waals surface area (Å²) in [4.78, 5) is 21.1. The van der Waals surface area contributed by atoms with Gasteiger partial charge in [-0.1, -0.05) is 35.7 Å². The van der Waals surface area contributed by atoms with E-state index < -0.39 is 0 Å². The normalized spacial score (nSPS) is 10.7. The molecule has 14 heavy (non-hydrogen) atoms. The summed E-state index contributed by atoms with van der Waals surface area (Å²) in [6.45, 7) is 3.16. The minimum absolute atomic E-state index is 0.172. The lowest BCUT2D eigenvalue weighted by Crippen LogP contribution is -1.85. The number of hydrogen-bond acceptors (Lipinski definition) is 4. The van der Waals surface area contributed by atoms with Crippen LogP contribution in [0.2, 0.25) is 0 Å². The summed E-state index contributed by atoms with van der Waals surface area (Å²) < 4.78 is 0. The third kappa shape index (κ3) is 11.8. The van der Waals surface area contributed by atoms with Gasteiger partial charge in [-0.3, -0.25) is 9.59 Å². The van der Waals surface area contributed by atoms with Crippen LogP contribution in [-0.2, 0) is 9.59 Å². The first kappa shape index (κ1) is 13.8. The first-order valence-corrected chi connectivity index (χ1v) is 6.51. The molecule has 0 saturated carbocycles. The van der Waals surface area contributed by atoms with Crippen molar-refractivity contribution < 1.29 is 9.59 Å². The van der Waals surface area contributed by atoms with E-state index in [-0.39, 0.29) is 10.2 Å². The second kappa shape index (κ2) is 9.34. The second-order valence-electron chi connectivity index (χ2n) is 2.73. The van der Waals surface area contributed by atoms with Crippen molar-refractivity contribution in [3.8, 4) is 0 Å². The second-order valence-corrected chi connectivity index (χ2v) is 5.27. The standard InChI is InChI=1S/C10H16O2S2/c1-9(11)13-7-5-3-4-6-8-14-10(2)12/h3-4H,5-8H2,1-2H3/b4-3-. The number of carbonyl (C=O) groups is 2. The van der Waals surface area contributed by atoms with Crippen LogP contribution in [0.15, 0.2) is 12.2 Å². The SMILES string of the molecule is CC(=O)SCC/C=C\CCSC(C)=O. The third-order valence-corrected chi connectivity index (χ3v) is 3.04. The van der Waals surface area contributed by atoms with Crippen LogP contribution in [0.1, 0.15) is 26.7 Å². The molecule has 0 amide bonds. The van der Waals surface area contributed by atoms with Crippen LogP contribution in [0.4, 0.5) is 0 Å². The van der Waals surface area contributed by atoms with Gasteiger partial charge in [0.1, 0.15) is 0 Å². The molecule has 0 unspecified atom stereocenters. The highest BCUT2D eigenvalue weighted by molar-refractivity contribution is 8.13. The van der Waals surface area contributed by atoms with Gasteiger partial charge in [0.2, 0.25) is 0 Å². The Morgan fingerprint density at radius 1 is 0.929 bits per heavy atom. The van der Waals surface area contributed by atoms with Crippen LogP contribution in [-0.4, -0.2) is 21.7 Å². The molecule has 0 radical (unpaired) electrons. The molecule has 0 N–H and O–H groups in total. The van der Waals surface area contributed by atoms with Crippen molar-refractivity contribution in [1.82, 2.24) is 0 Å². The average molecular weight is 232 g/mol. The lowest BCUT2D eigenvalue weighted by molar-refractivity contribution is -0.109. The van der Waals surface area contributed by atoms with Gasteiger partial charge in [-0.2, -0.15) is 0 Å². The van der Waals surface area contributed by atoms with Gasteiger partial charge in [0.05, 0.1) is 0 Å². The molecule has 0 heterocycles. The summed E-state index contributed by atoms with van der Waals surface area (Å²) >= 11 is 2.70. The fraction of sp³-hybridized carbons (Fsp3) is 0.600. The Morgan fingerprint density at radius 2 is 1.29 bits per heavy atom. The molecule has 0 aliphatic carbocycles. The Morgan fingerprint density at radius 3 is 1.57 bits per heavy atom. The van der Waals surface area contributed by atoms with E-state index in [1.807, 2.05) is 0 Å². The molecular formula is C10H16O2S2. The average Bonchev–Trinajstić information content (AvgIpc) is 2.08. The smallest absolute Gasteiger partial charge is 0.185 e. The number of carbonyl (C=O) groups excluding carboxylic acids is 2. The van der Waals surface area contributed by atoms with E-state index >= 15 is 0 Å². The van der Waals surface area contributed by atoms with Gasteiger partial charge in [0.25, 0.3) is 0 Å². The van der Waals surface area contributed by atoms with Crippen molar-refractivity contribution in [2.45, 2.75) is 26.7 Å². The molecule has 2 nitrogen and oxygen atoms in total. The first-order chi connectivity index (χ1) is 6.63. The summed E-state index contributed by atoms with van der Waals surface area (Å²) in [5.74, 6) is 1.71. The van der Waals surface area contributed by atoms with Crippen molar-refractivity contribution in [2.75, 3.05) is 11.5 Å². The number of hydrogen-bond donors (Lipinski definition) is 0. The van der Waals surface area contributed by atoms with E-state index in [2.05, 4.69) is 12.2 Å². The zero-order chi connectivity index (χ0) is 10.8. The fourth-order valence-electron chi connectivity index (χ4n) is 0.777. The highest BCUT2D eigenvalue weighted by Crippen LogP contribution is 2.06. The molecule has 0 aromatic heterocycles. The molecule has 0 rings (SSSR count). The van der Waals surface area contributed by atoms with Crippen molar-refractivity contribution in [1.29, 1.82) is 0 Å². The Hall–Kier alpha value is -0.220. The summed E-state index contributed by atoms with van der Waals surface area (Å²) in [5.41, 5.74) is 0. The molecule has 80 valence electrons. The molecule has 0 bridgehead atoms. The topological polar surface area (TPSA) is 34.1 Å². The predicted octanol–water partition coefficient (Wildman–Crippen LogP) is 2.88. The highest BCUT2D eigenvalue weighted by Gasteiger charge is 1.92. The van der Waals surface area contributed by atoms with Crippen LogP contribution in [0.5, 0.6) is 0 Å². The van der Waals surface area contributed by atoms with Gasteiger partial charge in [-0.05, 0) is 12.8 Å². The Labute approximate surface area is 93.9 Å². The minimum Gasteiger partial charge on any atom is -0.288 e. The van der Waals surface area contributed by atoms with Crippen LogP contribution in [0.3, 0.4) is 0 Å². The van der Waals surface area contributed by atoms with Crippen LogP contribution in [0.25, 0.3) is 0 Å². The van der Waals surface area contributed by atoms with E-state index in [4.69, 9.17) is 0 Å². The Balaban J connectivity index is 3.19. The van der Waals surface area contributed by atoms with Crippen molar-refractivity contribution in [3.63, 3.8) is 0 Å². The molecular weight excluding hydrogens is 216 g/mol. The molecule has 0 aliphatic heterocycles. The van der Waals surface area contributed by atoms with Gasteiger partial charge >= 0.3 is 0 Å². The molecule has 0 atom stereocenters. The zero-order valence-electron chi connectivity index (χ0n) is 8.62. The van der Waals surface area contributed by atoms with Gasteiger partial charge in [0, 0.05) is 25.4 Å². The fourth-order valence-corrected chi connectivity index (χ4v) is 1.86. The van der Waals surface area contributed by atoms with E-state index in [0.29, 0.717) is 0 Å². The van der Waals surface area contributed by atoms with Crippen molar-refractivity contribution >= 4 is 33.8 Å². The maximum Gasteiger partial charge on any atom is 0.185 e. The monoisotopic (exact) mass is 232 g/mol. The molecule has 0 aromatic carbocycles. The largest absolute Gasteiger partial charge is 0.288 e. The quantitative estimate of drug-likeness (QED) is 0.521. The van der Waals surface area contributed by atoms with E-state index in [0.717, 1.165) is 24.3 Å². The maximum absolute atomic E-state index is 10.6. The molecule has 0 aromatic rings. The number of allylic oxidation sites excluding steroid dienone is 2. The molecule has 0 aliphatic rings. The van der Waals surface area contributed by atoms with Crippen molar-refractivity contribution in [3.05, 3.63) is 12.2 Å². The van der Waals surface area contributed by atoms with Crippen LogP contribution < -0.4 is 0 Å². The lowest BCUT2D eigenvalue weighted by Gasteiger charge is -1.92. The lowest BCUT2D eigenvalue weighted by atomic mass is 10.3. The zero-order valence-corrected chi connectivity index (χ0v) is 10.2. The summed E-state index contributed by atoms with van der Waals surface area (Å²) in [6, 6.07) is 0. The van der Waals surface area contributed by atoms with Crippen molar-refractivity contribution in [2.24, 2.45) is 0 Å². The van der Waals surface area contributed by atoms with Gasteiger partial charge in [-0.15, -0.1) is 0 Å². The molecule has 0 fully saturated rings. The van der Waals surface area contributed by atoms with Crippen LogP contribution in [0, 0.1) is 0 Å². The minimum atomic E-state index is 0.172. The summed E-state index contributed by atoms with van der Waals surface area (Å²) in [6.07, 6.45) is 5.98. The maximum atomic E-state index is 10.6. The van der Waals surface area contributed by atoms with Gasteiger partial charge < -0.3 is 0 Å². The predicted molar refractivity (Wildman–Crippen MR) is 64.7 cm³/mol. The van der Waals surface area contributed by atoms with Gasteiger partial charge in [-0.25, -0.2) is 0 Å². The molecule has 0 spiro atoms. The first-order valence-electron chi connectivity index (χ1n) is 4.54. The Kier molecular flexibility index (Phi) is 9.19. The molecule has 0 saturated heterocycles. The summed E-state index contributed by atoms with van der Waals surface area (Å²) in [5, 5.41) is 0.344. The van der Waals surface area contributed by atoms with Crippen LogP contribution >= 0.6 is 23.5 Å². The highest BCUT2D eigenvalue weighted by atomic mass is 32.2. The third-order valence-electron chi connectivity index (χ3n) is 1.35. The number of rotatable bonds is 6. The van der Waals surface area contributed by atoms with E-state index in [1.165, 1.54) is 23.5 Å². The van der Waals surface area contributed by atoms with E-state index in [1.54, 1.807) is 13.8 Å². The number of thioether (sulfide) groups is 2. The Bertz CT molecular complexity index is 190.